The minimum atomic E-state index is 0.549. The predicted octanol–water partition coefficient (Wildman–Crippen LogP) is 2.53. The molecule has 21 heavy (non-hydrogen) atoms. The Morgan fingerprint density at radius 3 is 3.00 bits per heavy atom. The standard InChI is InChI=1S/C16H19N5/c1-12-17-18-15-9-10-16(19-21(12)15)20-11-5-8-14(20)13-6-3-2-4-7-13/h2-4,6,9-10,13-14H,5,7-8,11H2,1H3. The number of rotatable bonds is 2. The van der Waals surface area contributed by atoms with E-state index in [9.17, 15) is 0 Å². The summed E-state index contributed by atoms with van der Waals surface area (Å²) in [7, 11) is 0. The van der Waals surface area contributed by atoms with Gasteiger partial charge in [0, 0.05) is 18.5 Å². The first kappa shape index (κ1) is 12.6. The van der Waals surface area contributed by atoms with Crippen molar-refractivity contribution in [2.45, 2.75) is 32.2 Å². The van der Waals surface area contributed by atoms with E-state index in [4.69, 9.17) is 5.10 Å². The average Bonchev–Trinajstić information content (AvgIpc) is 3.15. The molecule has 0 saturated carbocycles. The van der Waals surface area contributed by atoms with Crippen LogP contribution in [0.3, 0.4) is 0 Å². The minimum Gasteiger partial charge on any atom is -0.352 e. The van der Waals surface area contributed by atoms with Gasteiger partial charge in [-0.2, -0.15) is 4.52 Å². The van der Waals surface area contributed by atoms with Crippen molar-refractivity contribution in [1.29, 1.82) is 0 Å². The second kappa shape index (κ2) is 4.98. The third-order valence-electron chi connectivity index (χ3n) is 4.51. The van der Waals surface area contributed by atoms with Gasteiger partial charge in [0.25, 0.3) is 0 Å². The molecule has 0 N–H and O–H groups in total. The maximum Gasteiger partial charge on any atom is 0.178 e. The Bertz CT molecular complexity index is 715. The van der Waals surface area contributed by atoms with Crippen molar-refractivity contribution in [1.82, 2.24) is 19.8 Å². The van der Waals surface area contributed by atoms with Crippen LogP contribution in [0.4, 0.5) is 5.82 Å². The van der Waals surface area contributed by atoms with Crippen LogP contribution >= 0.6 is 0 Å². The molecular weight excluding hydrogens is 262 g/mol. The maximum atomic E-state index is 4.74. The zero-order valence-corrected chi connectivity index (χ0v) is 12.2. The molecule has 0 spiro atoms. The molecule has 5 nitrogen and oxygen atoms in total. The summed E-state index contributed by atoms with van der Waals surface area (Å²) in [6.07, 6.45) is 12.5. The Kier molecular flexibility index (Phi) is 2.98. The Balaban J connectivity index is 1.67. The zero-order valence-electron chi connectivity index (χ0n) is 12.2. The monoisotopic (exact) mass is 281 g/mol. The van der Waals surface area contributed by atoms with Gasteiger partial charge in [0.15, 0.2) is 11.5 Å². The summed E-state index contributed by atoms with van der Waals surface area (Å²) in [6, 6.07) is 4.63. The van der Waals surface area contributed by atoms with Crippen molar-refractivity contribution in [3.63, 3.8) is 0 Å². The van der Waals surface area contributed by atoms with Gasteiger partial charge >= 0.3 is 0 Å². The maximum absolute atomic E-state index is 4.74. The van der Waals surface area contributed by atoms with E-state index < -0.39 is 0 Å². The first-order valence-electron chi connectivity index (χ1n) is 7.62. The van der Waals surface area contributed by atoms with Gasteiger partial charge in [-0.3, -0.25) is 0 Å². The molecule has 2 atom stereocenters. The number of anilines is 1. The van der Waals surface area contributed by atoms with Crippen LogP contribution in [0.25, 0.3) is 5.65 Å². The van der Waals surface area contributed by atoms with E-state index in [1.807, 2.05) is 17.5 Å². The number of hydrogen-bond donors (Lipinski definition) is 0. The highest BCUT2D eigenvalue weighted by Gasteiger charge is 2.31. The largest absolute Gasteiger partial charge is 0.352 e. The Morgan fingerprint density at radius 1 is 1.19 bits per heavy atom. The summed E-state index contributed by atoms with van der Waals surface area (Å²) < 4.78 is 1.83. The molecule has 0 aromatic carbocycles. The van der Waals surface area contributed by atoms with Gasteiger partial charge in [-0.1, -0.05) is 24.3 Å². The third kappa shape index (κ3) is 2.13. The lowest BCUT2D eigenvalue weighted by Gasteiger charge is -2.31. The van der Waals surface area contributed by atoms with Gasteiger partial charge in [-0.25, -0.2) is 0 Å². The van der Waals surface area contributed by atoms with Crippen LogP contribution in [0.15, 0.2) is 36.4 Å². The number of aromatic nitrogens is 4. The van der Waals surface area contributed by atoms with Crippen LogP contribution in [0.2, 0.25) is 0 Å². The van der Waals surface area contributed by atoms with Gasteiger partial charge < -0.3 is 4.90 Å². The summed E-state index contributed by atoms with van der Waals surface area (Å²) in [6.45, 7) is 3.02. The SMILES string of the molecule is Cc1nnc2ccc(N3CCCC3C3C=CC=CC3)nn12. The van der Waals surface area contributed by atoms with Gasteiger partial charge in [0.05, 0.1) is 0 Å². The second-order valence-corrected chi connectivity index (χ2v) is 5.82. The van der Waals surface area contributed by atoms with Crippen LogP contribution in [0.1, 0.15) is 25.1 Å². The van der Waals surface area contributed by atoms with E-state index in [0.717, 1.165) is 30.3 Å². The molecule has 4 rings (SSSR count). The molecule has 1 aliphatic heterocycles. The molecule has 108 valence electrons. The quantitative estimate of drug-likeness (QED) is 0.848. The average molecular weight is 281 g/mol. The van der Waals surface area contributed by atoms with Crippen molar-refractivity contribution < 1.29 is 0 Å². The van der Waals surface area contributed by atoms with E-state index >= 15 is 0 Å². The normalized spacial score (nSPS) is 25.1. The topological polar surface area (TPSA) is 46.3 Å². The van der Waals surface area contributed by atoms with Crippen LogP contribution < -0.4 is 4.90 Å². The zero-order chi connectivity index (χ0) is 14.2. The Hall–Kier alpha value is -2.17. The fraction of sp³-hybridized carbons (Fsp3) is 0.438. The summed E-state index contributed by atoms with van der Waals surface area (Å²) >= 11 is 0. The summed E-state index contributed by atoms with van der Waals surface area (Å²) in [5.74, 6) is 2.47. The van der Waals surface area contributed by atoms with Gasteiger partial charge in [0.2, 0.25) is 0 Å². The lowest BCUT2D eigenvalue weighted by atomic mass is 9.91. The van der Waals surface area contributed by atoms with E-state index in [1.54, 1.807) is 0 Å². The molecular formula is C16H19N5. The smallest absolute Gasteiger partial charge is 0.178 e. The van der Waals surface area contributed by atoms with E-state index in [1.165, 1.54) is 12.8 Å². The van der Waals surface area contributed by atoms with Gasteiger partial charge in [0.1, 0.15) is 5.82 Å². The molecule has 2 unspecified atom stereocenters. The predicted molar refractivity (Wildman–Crippen MR) is 82.3 cm³/mol. The molecule has 0 bridgehead atoms. The highest BCUT2D eigenvalue weighted by molar-refractivity contribution is 5.47. The van der Waals surface area contributed by atoms with Crippen molar-refractivity contribution in [3.05, 3.63) is 42.3 Å². The fourth-order valence-electron chi connectivity index (χ4n) is 3.45. The molecule has 3 heterocycles. The highest BCUT2D eigenvalue weighted by Crippen LogP contribution is 2.32. The lowest BCUT2D eigenvalue weighted by molar-refractivity contribution is 0.497. The summed E-state index contributed by atoms with van der Waals surface area (Å²) in [5, 5.41) is 12.9. The van der Waals surface area contributed by atoms with Crippen molar-refractivity contribution >= 4 is 11.5 Å². The number of allylic oxidation sites excluding steroid dienone is 3. The molecule has 0 radical (unpaired) electrons. The van der Waals surface area contributed by atoms with Crippen LogP contribution in [-0.4, -0.2) is 32.4 Å². The minimum absolute atomic E-state index is 0.549. The molecule has 2 aromatic rings. The van der Waals surface area contributed by atoms with Crippen LogP contribution in [0, 0.1) is 12.8 Å². The van der Waals surface area contributed by atoms with Crippen LogP contribution in [-0.2, 0) is 0 Å². The molecule has 1 fully saturated rings. The van der Waals surface area contributed by atoms with Gasteiger partial charge in [-0.15, -0.1) is 15.3 Å². The molecule has 1 aliphatic carbocycles. The molecule has 0 amide bonds. The number of fused-ring (bicyclic) bond motifs is 1. The van der Waals surface area contributed by atoms with Crippen molar-refractivity contribution in [2.24, 2.45) is 5.92 Å². The number of hydrogen-bond acceptors (Lipinski definition) is 4. The van der Waals surface area contributed by atoms with E-state index in [-0.39, 0.29) is 0 Å². The fourth-order valence-corrected chi connectivity index (χ4v) is 3.45. The first-order valence-corrected chi connectivity index (χ1v) is 7.62. The number of nitrogens with zero attached hydrogens (tertiary/aromatic N) is 5. The number of aryl methyl sites for hydroxylation is 1. The first-order chi connectivity index (χ1) is 10.3. The second-order valence-electron chi connectivity index (χ2n) is 5.82. The third-order valence-corrected chi connectivity index (χ3v) is 4.51. The van der Waals surface area contributed by atoms with Crippen molar-refractivity contribution in [3.8, 4) is 0 Å². The molecule has 2 aliphatic rings. The molecule has 1 saturated heterocycles. The van der Waals surface area contributed by atoms with E-state index in [2.05, 4.69) is 45.5 Å². The summed E-state index contributed by atoms with van der Waals surface area (Å²) in [4.78, 5) is 2.45. The molecule has 5 heteroatoms. The highest BCUT2D eigenvalue weighted by atomic mass is 15.4. The van der Waals surface area contributed by atoms with E-state index in [0.29, 0.717) is 12.0 Å². The molecule has 2 aromatic heterocycles. The summed E-state index contributed by atoms with van der Waals surface area (Å²) in [5.41, 5.74) is 0.812. The van der Waals surface area contributed by atoms with Gasteiger partial charge in [-0.05, 0) is 38.3 Å². The Labute approximate surface area is 124 Å². The Morgan fingerprint density at radius 2 is 2.14 bits per heavy atom. The van der Waals surface area contributed by atoms with Crippen molar-refractivity contribution in [2.75, 3.05) is 11.4 Å². The van der Waals surface area contributed by atoms with Crippen LogP contribution in [0.5, 0.6) is 0 Å². The lowest BCUT2D eigenvalue weighted by Crippen LogP contribution is -2.36.